The van der Waals surface area contributed by atoms with Gasteiger partial charge in [-0.2, -0.15) is 0 Å². The summed E-state index contributed by atoms with van der Waals surface area (Å²) in [6.45, 7) is 3.75. The van der Waals surface area contributed by atoms with E-state index in [1.54, 1.807) is 72.8 Å². The number of nitrogens with one attached hydrogen (secondary N) is 3. The van der Waals surface area contributed by atoms with Crippen molar-refractivity contribution < 1.29 is 33.8 Å². The van der Waals surface area contributed by atoms with Crippen molar-refractivity contribution in [2.75, 3.05) is 0 Å². The largest absolute Gasteiger partial charge is 0.480 e. The predicted molar refractivity (Wildman–Crippen MR) is 160 cm³/mol. The molecule has 3 aromatic rings. The minimum atomic E-state index is -1.36. The third-order valence-corrected chi connectivity index (χ3v) is 6.55. The summed E-state index contributed by atoms with van der Waals surface area (Å²) in [7, 11) is 0. The topological polar surface area (TPSA) is 151 Å². The fourth-order valence-electron chi connectivity index (χ4n) is 4.38. The number of hydrogen-bond donors (Lipinski definition) is 4. The highest BCUT2D eigenvalue weighted by molar-refractivity contribution is 6.38. The van der Waals surface area contributed by atoms with E-state index in [1.807, 2.05) is 32.0 Å². The van der Waals surface area contributed by atoms with Gasteiger partial charge in [0.1, 0.15) is 24.7 Å². The molecule has 43 heavy (non-hydrogen) atoms. The van der Waals surface area contributed by atoms with Crippen LogP contribution in [0.1, 0.15) is 37.0 Å². The molecule has 3 aromatic carbocycles. The minimum absolute atomic E-state index is 0.00566. The summed E-state index contributed by atoms with van der Waals surface area (Å²) in [6.07, 6.45) is -0.625. The van der Waals surface area contributed by atoms with Crippen molar-refractivity contribution in [2.24, 2.45) is 5.92 Å². The van der Waals surface area contributed by atoms with Crippen LogP contribution in [0.3, 0.4) is 0 Å². The molecule has 226 valence electrons. The summed E-state index contributed by atoms with van der Waals surface area (Å²) in [5.41, 5.74) is 2.11. The molecule has 0 saturated carbocycles. The molecule has 0 aliphatic carbocycles. The van der Waals surface area contributed by atoms with E-state index in [-0.39, 0.29) is 31.8 Å². The molecule has 3 atom stereocenters. The van der Waals surface area contributed by atoms with Crippen molar-refractivity contribution in [1.29, 1.82) is 0 Å². The van der Waals surface area contributed by atoms with E-state index in [9.17, 15) is 29.1 Å². The van der Waals surface area contributed by atoms with Crippen LogP contribution < -0.4 is 16.0 Å². The van der Waals surface area contributed by atoms with Crippen molar-refractivity contribution in [1.82, 2.24) is 16.0 Å². The number of carbonyl (C=O) groups excluding carboxylic acids is 4. The number of amides is 3. The molecule has 4 N–H and O–H groups in total. The van der Waals surface area contributed by atoms with Crippen molar-refractivity contribution in [3.05, 3.63) is 108 Å². The molecule has 0 fully saturated rings. The van der Waals surface area contributed by atoms with Crippen LogP contribution in [0.5, 0.6) is 0 Å². The van der Waals surface area contributed by atoms with Crippen LogP contribution in [0.15, 0.2) is 91.0 Å². The summed E-state index contributed by atoms with van der Waals surface area (Å²) in [6, 6.07) is 22.8. The second kappa shape index (κ2) is 16.5. The Bertz CT molecular complexity index is 1370. The standard InChI is InChI=1S/C33H37N3O7/c1-22(2)18-27(36-33(42)43-21-25-16-10-5-11-17-25)30(38)34-26(19-23-12-6-3-7-13-23)29(37)31(39)35-28(32(40)41)20-24-14-8-4-9-15-24/h3-17,22,26-28H,18-21H2,1-2H3,(H,34,38)(H,35,39)(H,36,42)(H,40,41)/t26-,27-,28+/m0/s1. The Kier molecular flexibility index (Phi) is 12.4. The molecule has 10 heteroatoms. The lowest BCUT2D eigenvalue weighted by molar-refractivity contribution is -0.145. The Balaban J connectivity index is 1.74. The zero-order chi connectivity index (χ0) is 31.2. The van der Waals surface area contributed by atoms with Gasteiger partial charge in [-0.25, -0.2) is 9.59 Å². The van der Waals surface area contributed by atoms with E-state index in [1.165, 1.54) is 0 Å². The van der Waals surface area contributed by atoms with Gasteiger partial charge in [0.05, 0.1) is 0 Å². The highest BCUT2D eigenvalue weighted by Gasteiger charge is 2.33. The van der Waals surface area contributed by atoms with Gasteiger partial charge < -0.3 is 25.8 Å². The zero-order valence-corrected chi connectivity index (χ0v) is 24.2. The molecule has 0 aliphatic heterocycles. The van der Waals surface area contributed by atoms with Crippen LogP contribution in [0.4, 0.5) is 4.79 Å². The SMILES string of the molecule is CC(C)C[C@H](NC(=O)OCc1ccccc1)C(=O)N[C@@H](Cc1ccccc1)C(=O)C(=O)N[C@H](Cc1ccccc1)C(=O)O. The third kappa shape index (κ3) is 11.1. The smallest absolute Gasteiger partial charge is 0.408 e. The van der Waals surface area contributed by atoms with E-state index in [0.717, 1.165) is 5.56 Å². The molecular weight excluding hydrogens is 550 g/mol. The third-order valence-electron chi connectivity index (χ3n) is 6.55. The maximum absolute atomic E-state index is 13.4. The van der Waals surface area contributed by atoms with Gasteiger partial charge in [0.2, 0.25) is 11.7 Å². The van der Waals surface area contributed by atoms with Crippen molar-refractivity contribution >= 4 is 29.7 Å². The lowest BCUT2D eigenvalue weighted by Gasteiger charge is -2.24. The Morgan fingerprint density at radius 1 is 0.651 bits per heavy atom. The van der Waals surface area contributed by atoms with Gasteiger partial charge >= 0.3 is 12.1 Å². The number of ether oxygens (including phenoxy) is 1. The van der Waals surface area contributed by atoms with Crippen LogP contribution in [-0.2, 0) is 43.4 Å². The van der Waals surface area contributed by atoms with Crippen LogP contribution >= 0.6 is 0 Å². The number of carboxylic acid groups (broad SMARTS) is 1. The normalized spacial score (nSPS) is 12.8. The molecule has 0 aromatic heterocycles. The summed E-state index contributed by atoms with van der Waals surface area (Å²) in [5, 5.41) is 17.2. The fourth-order valence-corrected chi connectivity index (χ4v) is 4.38. The maximum Gasteiger partial charge on any atom is 0.408 e. The van der Waals surface area contributed by atoms with Crippen LogP contribution in [-0.4, -0.2) is 52.9 Å². The van der Waals surface area contributed by atoms with Gasteiger partial charge in [-0.3, -0.25) is 14.4 Å². The minimum Gasteiger partial charge on any atom is -0.480 e. The van der Waals surface area contributed by atoms with Gasteiger partial charge in [0.25, 0.3) is 5.91 Å². The molecule has 0 unspecified atom stereocenters. The van der Waals surface area contributed by atoms with Crippen molar-refractivity contribution in [2.45, 2.75) is 57.8 Å². The van der Waals surface area contributed by atoms with Gasteiger partial charge in [-0.05, 0) is 29.0 Å². The Morgan fingerprint density at radius 3 is 1.63 bits per heavy atom. The second-order valence-electron chi connectivity index (χ2n) is 10.6. The molecule has 0 aliphatic rings. The molecule has 0 bridgehead atoms. The number of aliphatic carboxylic acids is 1. The molecule has 0 spiro atoms. The number of alkyl carbamates (subject to hydrolysis) is 1. The van der Waals surface area contributed by atoms with E-state index in [0.29, 0.717) is 11.1 Å². The lowest BCUT2D eigenvalue weighted by Crippen LogP contribution is -2.56. The Morgan fingerprint density at radius 2 is 1.14 bits per heavy atom. The first-order valence-electron chi connectivity index (χ1n) is 14.0. The van der Waals surface area contributed by atoms with E-state index in [2.05, 4.69) is 16.0 Å². The summed E-state index contributed by atoms with van der Waals surface area (Å²) in [4.78, 5) is 64.3. The van der Waals surface area contributed by atoms with Crippen molar-refractivity contribution in [3.63, 3.8) is 0 Å². The van der Waals surface area contributed by atoms with Crippen LogP contribution in [0, 0.1) is 5.92 Å². The van der Waals surface area contributed by atoms with Crippen LogP contribution in [0.25, 0.3) is 0 Å². The van der Waals surface area contributed by atoms with Crippen molar-refractivity contribution in [3.8, 4) is 0 Å². The molecule has 0 heterocycles. The number of carbonyl (C=O) groups is 5. The first-order chi connectivity index (χ1) is 20.6. The first-order valence-corrected chi connectivity index (χ1v) is 14.0. The van der Waals surface area contributed by atoms with E-state index < -0.39 is 47.8 Å². The maximum atomic E-state index is 13.4. The van der Waals surface area contributed by atoms with Gasteiger partial charge in [0, 0.05) is 12.8 Å². The number of benzene rings is 3. The highest BCUT2D eigenvalue weighted by Crippen LogP contribution is 2.10. The van der Waals surface area contributed by atoms with E-state index >= 15 is 0 Å². The monoisotopic (exact) mass is 587 g/mol. The summed E-state index contributed by atoms with van der Waals surface area (Å²) in [5.74, 6) is -4.13. The second-order valence-corrected chi connectivity index (χ2v) is 10.6. The molecule has 3 amide bonds. The summed E-state index contributed by atoms with van der Waals surface area (Å²) < 4.78 is 5.27. The lowest BCUT2D eigenvalue weighted by atomic mass is 9.99. The molecule has 0 radical (unpaired) electrons. The molecule has 10 nitrogen and oxygen atoms in total. The van der Waals surface area contributed by atoms with Gasteiger partial charge in [-0.1, -0.05) is 105 Å². The molecule has 3 rings (SSSR count). The number of Topliss-reactive ketones (excluding diaryl/α,β-unsaturated/α-hetero) is 1. The highest BCUT2D eigenvalue weighted by atomic mass is 16.5. The van der Waals surface area contributed by atoms with Crippen LogP contribution in [0.2, 0.25) is 0 Å². The van der Waals surface area contributed by atoms with Gasteiger partial charge in [0.15, 0.2) is 0 Å². The fraction of sp³-hybridized carbons (Fsp3) is 0.303. The Hall–Kier alpha value is -4.99. The first kappa shape index (κ1) is 32.5. The Labute approximate surface area is 250 Å². The number of ketones is 1. The number of rotatable bonds is 15. The zero-order valence-electron chi connectivity index (χ0n) is 24.2. The average molecular weight is 588 g/mol. The molecular formula is C33H37N3O7. The predicted octanol–water partition coefficient (Wildman–Crippen LogP) is 3.44. The average Bonchev–Trinajstić information content (AvgIpc) is 3.00. The van der Waals surface area contributed by atoms with E-state index in [4.69, 9.17) is 4.74 Å². The summed E-state index contributed by atoms with van der Waals surface area (Å²) >= 11 is 0. The van der Waals surface area contributed by atoms with Gasteiger partial charge in [-0.15, -0.1) is 0 Å². The number of carboxylic acids is 1. The number of hydrogen-bond acceptors (Lipinski definition) is 6. The quantitative estimate of drug-likeness (QED) is 0.199. The molecule has 0 saturated heterocycles.